The minimum Gasteiger partial charge on any atom is -0.495 e. The molecule has 0 unspecified atom stereocenters. The number of carbonyl (C=O) groups is 1. The number of benzene rings is 1. The van der Waals surface area contributed by atoms with Crippen molar-refractivity contribution < 1.29 is 18.8 Å². The first-order valence-corrected chi connectivity index (χ1v) is 9.78. The van der Waals surface area contributed by atoms with Crippen LogP contribution in [0.15, 0.2) is 35.1 Å². The van der Waals surface area contributed by atoms with Gasteiger partial charge >= 0.3 is 6.09 Å². The van der Waals surface area contributed by atoms with Crippen LogP contribution in [0.3, 0.4) is 0 Å². The highest BCUT2D eigenvalue weighted by Gasteiger charge is 2.22. The molecule has 0 saturated heterocycles. The Morgan fingerprint density at radius 1 is 1.25 bits per heavy atom. The van der Waals surface area contributed by atoms with Crippen LogP contribution in [0.1, 0.15) is 26.6 Å². The molecule has 0 aliphatic heterocycles. The second kappa shape index (κ2) is 7.84. The van der Waals surface area contributed by atoms with Crippen LogP contribution in [0.2, 0.25) is 0 Å². The fourth-order valence-electron chi connectivity index (χ4n) is 3.16. The number of hydrogen-bond donors (Lipinski definition) is 2. The van der Waals surface area contributed by atoms with E-state index in [-0.39, 0.29) is 11.7 Å². The molecule has 0 radical (unpaired) electrons. The molecule has 11 heteroatoms. The summed E-state index contributed by atoms with van der Waals surface area (Å²) in [6, 6.07) is 5.23. The zero-order valence-corrected chi connectivity index (χ0v) is 18.3. The Balaban J connectivity index is 1.78. The number of imidazole rings is 1. The molecule has 0 aliphatic carbocycles. The predicted octanol–water partition coefficient (Wildman–Crippen LogP) is 3.69. The van der Waals surface area contributed by atoms with Crippen molar-refractivity contribution in [1.29, 1.82) is 0 Å². The topological polar surface area (TPSA) is 143 Å². The van der Waals surface area contributed by atoms with Crippen LogP contribution in [0.5, 0.6) is 5.75 Å². The summed E-state index contributed by atoms with van der Waals surface area (Å²) < 4.78 is 17.8. The summed E-state index contributed by atoms with van der Waals surface area (Å²) >= 11 is 0. The molecule has 0 bridgehead atoms. The maximum Gasteiger partial charge on any atom is 0.412 e. The van der Waals surface area contributed by atoms with Crippen LogP contribution in [0, 0.1) is 6.92 Å². The highest BCUT2D eigenvalue weighted by Crippen LogP contribution is 2.35. The normalized spacial score (nSPS) is 11.5. The number of amides is 1. The number of nitrogen functional groups attached to an aromatic ring is 1. The Labute approximate surface area is 183 Å². The standard InChI is InChI=1S/C21H23N7O4/c1-11-24-19(32-27-11)18-26-15(16-17(22)23-8-9-28(16)18)12-6-7-13(14(10-12)30-5)25-20(29)31-21(2,3)4/h6-10H,1-5H3,(H2,22,23)(H,25,29). The Kier molecular flexibility index (Phi) is 5.17. The minimum absolute atomic E-state index is 0.254. The molecule has 3 heterocycles. The van der Waals surface area contributed by atoms with Gasteiger partial charge in [0.2, 0.25) is 5.82 Å². The molecule has 166 valence electrons. The molecule has 0 atom stereocenters. The molecule has 0 spiro atoms. The van der Waals surface area contributed by atoms with Gasteiger partial charge in [0.05, 0.1) is 12.8 Å². The zero-order chi connectivity index (χ0) is 23.0. The number of nitrogens with two attached hydrogens (primary N) is 1. The molecule has 3 aromatic heterocycles. The van der Waals surface area contributed by atoms with Gasteiger partial charge in [-0.1, -0.05) is 11.2 Å². The maximum absolute atomic E-state index is 12.2. The van der Waals surface area contributed by atoms with Crippen LogP contribution >= 0.6 is 0 Å². The summed E-state index contributed by atoms with van der Waals surface area (Å²) in [5, 5.41) is 6.53. The number of ether oxygens (including phenoxy) is 2. The summed E-state index contributed by atoms with van der Waals surface area (Å²) in [6.07, 6.45) is 2.69. The van der Waals surface area contributed by atoms with Crippen molar-refractivity contribution in [3.63, 3.8) is 0 Å². The number of aromatic nitrogens is 5. The Morgan fingerprint density at radius 2 is 2.03 bits per heavy atom. The molecule has 1 aromatic carbocycles. The van der Waals surface area contributed by atoms with E-state index in [0.717, 1.165) is 0 Å². The summed E-state index contributed by atoms with van der Waals surface area (Å²) in [5.74, 6) is 1.88. The van der Waals surface area contributed by atoms with E-state index in [1.165, 1.54) is 7.11 Å². The lowest BCUT2D eigenvalue weighted by Gasteiger charge is -2.20. The summed E-state index contributed by atoms with van der Waals surface area (Å²) in [5.41, 5.74) is 7.81. The van der Waals surface area contributed by atoms with E-state index in [2.05, 4.69) is 20.4 Å². The van der Waals surface area contributed by atoms with Gasteiger partial charge in [-0.3, -0.25) is 9.72 Å². The summed E-state index contributed by atoms with van der Waals surface area (Å²) in [6.45, 7) is 7.09. The monoisotopic (exact) mass is 437 g/mol. The van der Waals surface area contributed by atoms with Crippen molar-refractivity contribution in [3.8, 4) is 28.7 Å². The number of aryl methyl sites for hydroxylation is 1. The molecule has 0 aliphatic rings. The summed E-state index contributed by atoms with van der Waals surface area (Å²) in [7, 11) is 1.51. The molecule has 0 fully saturated rings. The van der Waals surface area contributed by atoms with Crippen molar-refractivity contribution in [3.05, 3.63) is 36.4 Å². The Bertz CT molecular complexity index is 1300. The van der Waals surface area contributed by atoms with Crippen molar-refractivity contribution >= 4 is 23.1 Å². The highest BCUT2D eigenvalue weighted by molar-refractivity contribution is 5.91. The SMILES string of the molecule is COc1cc(-c2nc(-c3nc(C)no3)n3ccnc(N)c23)ccc1NC(=O)OC(C)(C)C. The van der Waals surface area contributed by atoms with Gasteiger partial charge in [0.25, 0.3) is 5.89 Å². The van der Waals surface area contributed by atoms with E-state index in [1.54, 1.807) is 62.7 Å². The molecule has 1 amide bonds. The van der Waals surface area contributed by atoms with E-state index >= 15 is 0 Å². The van der Waals surface area contributed by atoms with E-state index in [0.29, 0.717) is 39.9 Å². The van der Waals surface area contributed by atoms with Gasteiger partial charge in [0.1, 0.15) is 28.4 Å². The fraction of sp³-hybridized carbons (Fsp3) is 0.286. The smallest absolute Gasteiger partial charge is 0.412 e. The molecule has 4 aromatic rings. The van der Waals surface area contributed by atoms with Gasteiger partial charge in [0.15, 0.2) is 5.82 Å². The van der Waals surface area contributed by atoms with Gasteiger partial charge in [-0.05, 0) is 39.8 Å². The van der Waals surface area contributed by atoms with Gasteiger partial charge in [-0.15, -0.1) is 0 Å². The molecule has 32 heavy (non-hydrogen) atoms. The second-order valence-corrected chi connectivity index (χ2v) is 8.00. The predicted molar refractivity (Wildman–Crippen MR) is 117 cm³/mol. The van der Waals surface area contributed by atoms with Gasteiger partial charge in [-0.25, -0.2) is 14.8 Å². The number of nitrogens with zero attached hydrogens (tertiary/aromatic N) is 5. The molecular weight excluding hydrogens is 414 g/mol. The average Bonchev–Trinajstić information content (AvgIpc) is 3.31. The van der Waals surface area contributed by atoms with Crippen LogP contribution in [-0.2, 0) is 4.74 Å². The fourth-order valence-corrected chi connectivity index (χ4v) is 3.16. The molecule has 11 nitrogen and oxygen atoms in total. The van der Waals surface area contributed by atoms with Crippen molar-refractivity contribution in [2.75, 3.05) is 18.2 Å². The number of rotatable bonds is 4. The molecule has 3 N–H and O–H groups in total. The third-order valence-corrected chi connectivity index (χ3v) is 4.41. The minimum atomic E-state index is -0.624. The quantitative estimate of drug-likeness (QED) is 0.488. The lowest BCUT2D eigenvalue weighted by Crippen LogP contribution is -2.27. The van der Waals surface area contributed by atoms with E-state index in [4.69, 9.17) is 24.7 Å². The van der Waals surface area contributed by atoms with Gasteiger partial charge < -0.3 is 19.7 Å². The highest BCUT2D eigenvalue weighted by atomic mass is 16.6. The van der Waals surface area contributed by atoms with E-state index in [9.17, 15) is 4.79 Å². The zero-order valence-electron chi connectivity index (χ0n) is 18.3. The van der Waals surface area contributed by atoms with Crippen molar-refractivity contribution in [2.24, 2.45) is 0 Å². The third-order valence-electron chi connectivity index (χ3n) is 4.41. The number of anilines is 2. The lowest BCUT2D eigenvalue weighted by atomic mass is 10.1. The molecular formula is C21H23N7O4. The van der Waals surface area contributed by atoms with Crippen LogP contribution in [0.25, 0.3) is 28.5 Å². The number of nitrogens with one attached hydrogen (secondary N) is 1. The lowest BCUT2D eigenvalue weighted by molar-refractivity contribution is 0.0635. The maximum atomic E-state index is 12.2. The first kappa shape index (κ1) is 21.1. The van der Waals surface area contributed by atoms with Crippen molar-refractivity contribution in [2.45, 2.75) is 33.3 Å². The number of carbonyl (C=O) groups excluding carboxylic acids is 1. The summed E-state index contributed by atoms with van der Waals surface area (Å²) in [4.78, 5) is 25.3. The van der Waals surface area contributed by atoms with Crippen LogP contribution in [-0.4, -0.2) is 43.3 Å². The second-order valence-electron chi connectivity index (χ2n) is 8.00. The van der Waals surface area contributed by atoms with Gasteiger partial charge in [-0.2, -0.15) is 4.98 Å². The molecule has 4 rings (SSSR count). The van der Waals surface area contributed by atoms with Crippen LogP contribution in [0.4, 0.5) is 16.3 Å². The first-order chi connectivity index (χ1) is 15.2. The Morgan fingerprint density at radius 3 is 2.69 bits per heavy atom. The number of fused-ring (bicyclic) bond motifs is 1. The number of hydrogen-bond acceptors (Lipinski definition) is 9. The average molecular weight is 437 g/mol. The van der Waals surface area contributed by atoms with E-state index < -0.39 is 11.7 Å². The number of methoxy groups -OCH3 is 1. The van der Waals surface area contributed by atoms with E-state index in [1.807, 2.05) is 0 Å². The largest absolute Gasteiger partial charge is 0.495 e. The third kappa shape index (κ3) is 4.04. The van der Waals surface area contributed by atoms with Gasteiger partial charge in [0, 0.05) is 18.0 Å². The Hall–Kier alpha value is -4.15. The van der Waals surface area contributed by atoms with Crippen LogP contribution < -0.4 is 15.8 Å². The van der Waals surface area contributed by atoms with Crippen molar-refractivity contribution in [1.82, 2.24) is 24.5 Å². The first-order valence-electron chi connectivity index (χ1n) is 9.78. The molecule has 0 saturated carbocycles.